The molecule has 0 saturated carbocycles. The number of alkyl halides is 3. The van der Waals surface area contributed by atoms with Crippen LogP contribution in [0.4, 0.5) is 23.2 Å². The maximum atomic E-state index is 14.1. The molecule has 6 nitrogen and oxygen atoms in total. The summed E-state index contributed by atoms with van der Waals surface area (Å²) in [6.45, 7) is -1.17. The topological polar surface area (TPSA) is 79.6 Å². The lowest BCUT2D eigenvalue weighted by Gasteiger charge is -2.21. The average Bonchev–Trinajstić information content (AvgIpc) is 3.20. The molecule has 1 amide bonds. The van der Waals surface area contributed by atoms with Crippen LogP contribution in [0.3, 0.4) is 0 Å². The smallest absolute Gasteiger partial charge is 0.416 e. The van der Waals surface area contributed by atoms with Crippen molar-refractivity contribution in [2.45, 2.75) is 17.6 Å². The maximum absolute atomic E-state index is 14.1. The second-order valence-corrected chi connectivity index (χ2v) is 8.32. The predicted molar refractivity (Wildman–Crippen MR) is 103 cm³/mol. The fourth-order valence-electron chi connectivity index (χ4n) is 2.73. The number of hydrogen-bond donors (Lipinski definition) is 1. The Morgan fingerprint density at radius 2 is 1.77 bits per heavy atom. The molecule has 0 radical (unpaired) electrons. The van der Waals surface area contributed by atoms with Crippen molar-refractivity contribution in [2.24, 2.45) is 0 Å². The monoisotopic (exact) mass is 456 g/mol. The zero-order valence-corrected chi connectivity index (χ0v) is 16.6. The van der Waals surface area contributed by atoms with E-state index in [1.54, 1.807) is 0 Å². The van der Waals surface area contributed by atoms with E-state index >= 15 is 0 Å². The molecule has 2 aromatic carbocycles. The number of benzene rings is 2. The summed E-state index contributed by atoms with van der Waals surface area (Å²) in [5, 5.41) is 2.23. The van der Waals surface area contributed by atoms with Crippen LogP contribution < -0.4 is 5.32 Å². The van der Waals surface area contributed by atoms with Gasteiger partial charge in [-0.3, -0.25) is 4.79 Å². The third kappa shape index (κ3) is 5.50. The van der Waals surface area contributed by atoms with E-state index in [9.17, 15) is 30.8 Å². The number of carbonyl (C=O) groups is 1. The molecule has 1 aromatic heterocycles. The summed E-state index contributed by atoms with van der Waals surface area (Å²) in [6.07, 6.45) is -3.31. The second kappa shape index (κ2) is 8.90. The molecule has 11 heteroatoms. The van der Waals surface area contributed by atoms with Crippen molar-refractivity contribution in [2.75, 3.05) is 11.9 Å². The first-order chi connectivity index (χ1) is 14.6. The first-order valence-corrected chi connectivity index (χ1v) is 10.3. The molecule has 0 aliphatic carbocycles. The van der Waals surface area contributed by atoms with Crippen molar-refractivity contribution in [3.8, 4) is 0 Å². The first-order valence-electron chi connectivity index (χ1n) is 8.81. The lowest BCUT2D eigenvalue weighted by molar-refractivity contribution is -0.137. The van der Waals surface area contributed by atoms with Crippen molar-refractivity contribution in [1.29, 1.82) is 0 Å². The molecule has 0 aliphatic rings. The van der Waals surface area contributed by atoms with Crippen LogP contribution in [0.25, 0.3) is 0 Å². The van der Waals surface area contributed by atoms with E-state index in [2.05, 4.69) is 5.32 Å². The van der Waals surface area contributed by atoms with Crippen LogP contribution in [0.5, 0.6) is 0 Å². The third-order valence-corrected chi connectivity index (χ3v) is 5.99. The molecular formula is C20H16F4N2O4S. The molecule has 0 spiro atoms. The quantitative estimate of drug-likeness (QED) is 0.539. The number of rotatable bonds is 7. The van der Waals surface area contributed by atoms with E-state index in [0.717, 1.165) is 30.3 Å². The first kappa shape index (κ1) is 22.5. The average molecular weight is 456 g/mol. The molecule has 1 N–H and O–H groups in total. The van der Waals surface area contributed by atoms with Crippen molar-refractivity contribution < 1.29 is 35.2 Å². The summed E-state index contributed by atoms with van der Waals surface area (Å²) >= 11 is 0. The fraction of sp³-hybridized carbons (Fsp3) is 0.150. The highest BCUT2D eigenvalue weighted by atomic mass is 32.2. The minimum Gasteiger partial charge on any atom is -0.468 e. The van der Waals surface area contributed by atoms with E-state index in [1.165, 1.54) is 36.6 Å². The van der Waals surface area contributed by atoms with Crippen LogP contribution in [-0.2, 0) is 27.5 Å². The fourth-order valence-corrected chi connectivity index (χ4v) is 4.16. The number of hydrogen-bond acceptors (Lipinski definition) is 4. The van der Waals surface area contributed by atoms with Gasteiger partial charge < -0.3 is 9.73 Å². The van der Waals surface area contributed by atoms with E-state index in [4.69, 9.17) is 4.42 Å². The minimum atomic E-state index is -4.61. The van der Waals surface area contributed by atoms with Gasteiger partial charge in [-0.25, -0.2) is 12.8 Å². The zero-order valence-electron chi connectivity index (χ0n) is 15.8. The van der Waals surface area contributed by atoms with Gasteiger partial charge in [-0.15, -0.1) is 0 Å². The molecule has 1 heterocycles. The van der Waals surface area contributed by atoms with Crippen LogP contribution in [-0.4, -0.2) is 25.2 Å². The molecule has 164 valence electrons. The van der Waals surface area contributed by atoms with Crippen LogP contribution in [0.2, 0.25) is 0 Å². The molecule has 0 fully saturated rings. The maximum Gasteiger partial charge on any atom is 0.416 e. The largest absolute Gasteiger partial charge is 0.468 e. The third-order valence-electron chi connectivity index (χ3n) is 4.16. The van der Waals surface area contributed by atoms with Gasteiger partial charge in [0.05, 0.1) is 24.9 Å². The highest BCUT2D eigenvalue weighted by molar-refractivity contribution is 7.89. The number of carbonyl (C=O) groups excluding carboxylic acids is 1. The summed E-state index contributed by atoms with van der Waals surface area (Å²) < 4.78 is 84.4. The summed E-state index contributed by atoms with van der Waals surface area (Å²) in [5.74, 6) is -1.73. The summed E-state index contributed by atoms with van der Waals surface area (Å²) in [4.78, 5) is 11.8. The van der Waals surface area contributed by atoms with Crippen LogP contribution in [0.15, 0.2) is 76.2 Å². The highest BCUT2D eigenvalue weighted by Crippen LogP contribution is 2.30. The van der Waals surface area contributed by atoms with Gasteiger partial charge in [0.1, 0.15) is 16.5 Å². The van der Waals surface area contributed by atoms with Gasteiger partial charge in [-0.05, 0) is 42.5 Å². The highest BCUT2D eigenvalue weighted by Gasteiger charge is 2.32. The van der Waals surface area contributed by atoms with Crippen molar-refractivity contribution >= 4 is 21.6 Å². The number of anilines is 1. The zero-order chi connectivity index (χ0) is 22.6. The van der Waals surface area contributed by atoms with E-state index in [-0.39, 0.29) is 18.0 Å². The summed E-state index contributed by atoms with van der Waals surface area (Å²) in [6, 6.07) is 11.5. The lowest BCUT2D eigenvalue weighted by Crippen LogP contribution is -2.37. The second-order valence-electron chi connectivity index (χ2n) is 6.41. The molecule has 3 rings (SSSR count). The van der Waals surface area contributed by atoms with Gasteiger partial charge in [-0.1, -0.05) is 18.2 Å². The Kier molecular flexibility index (Phi) is 6.46. The van der Waals surface area contributed by atoms with Crippen LogP contribution in [0, 0.1) is 5.82 Å². The summed E-state index contributed by atoms with van der Waals surface area (Å²) in [7, 11) is -4.47. The number of amides is 1. The lowest BCUT2D eigenvalue weighted by atomic mass is 10.2. The van der Waals surface area contributed by atoms with Gasteiger partial charge in [0, 0.05) is 5.69 Å². The van der Waals surface area contributed by atoms with E-state index in [1.807, 2.05) is 0 Å². The van der Waals surface area contributed by atoms with Gasteiger partial charge in [0.25, 0.3) is 0 Å². The Bertz CT molecular complexity index is 1160. The van der Waals surface area contributed by atoms with Gasteiger partial charge in [0.2, 0.25) is 15.9 Å². The van der Waals surface area contributed by atoms with Gasteiger partial charge >= 0.3 is 6.18 Å². The van der Waals surface area contributed by atoms with Crippen LogP contribution >= 0.6 is 0 Å². The van der Waals surface area contributed by atoms with E-state index < -0.39 is 44.9 Å². The number of furan rings is 1. The Morgan fingerprint density at radius 3 is 2.42 bits per heavy atom. The number of nitrogens with zero attached hydrogens (tertiary/aromatic N) is 1. The van der Waals surface area contributed by atoms with Crippen molar-refractivity contribution in [1.82, 2.24) is 4.31 Å². The molecule has 0 atom stereocenters. The Hall–Kier alpha value is -3.18. The van der Waals surface area contributed by atoms with Crippen molar-refractivity contribution in [3.63, 3.8) is 0 Å². The number of nitrogens with one attached hydrogen (secondary N) is 1. The Labute approximate surface area is 175 Å². The number of sulfonamides is 1. The molecule has 0 bridgehead atoms. The standard InChI is InChI=1S/C20H16F4N2O4S/c21-17-8-1-2-9-18(17)31(28,29)26(12-16-7-4-10-30-16)13-19(27)25-15-6-3-5-14(11-15)20(22,23)24/h1-11H,12-13H2,(H,25,27). The van der Waals surface area contributed by atoms with Gasteiger partial charge in [-0.2, -0.15) is 17.5 Å². The van der Waals surface area contributed by atoms with Gasteiger partial charge in [0.15, 0.2) is 0 Å². The molecule has 0 unspecified atom stereocenters. The van der Waals surface area contributed by atoms with Crippen LogP contribution in [0.1, 0.15) is 11.3 Å². The normalized spacial score (nSPS) is 12.2. The molecule has 31 heavy (non-hydrogen) atoms. The molecular weight excluding hydrogens is 440 g/mol. The number of halogens is 4. The molecule has 3 aromatic rings. The van der Waals surface area contributed by atoms with E-state index in [0.29, 0.717) is 4.31 Å². The summed E-state index contributed by atoms with van der Waals surface area (Å²) in [5.41, 5.74) is -1.14. The molecule has 0 saturated heterocycles. The Morgan fingerprint density at radius 1 is 1.03 bits per heavy atom. The Balaban J connectivity index is 1.85. The van der Waals surface area contributed by atoms with Crippen molar-refractivity contribution in [3.05, 3.63) is 84.1 Å². The molecule has 0 aliphatic heterocycles. The predicted octanol–water partition coefficient (Wildman–Crippen LogP) is 4.27. The SMILES string of the molecule is O=C(CN(Cc1ccco1)S(=O)(=O)c1ccccc1F)Nc1cccc(C(F)(F)F)c1. The minimum absolute atomic E-state index is 0.166.